The third-order valence-electron chi connectivity index (χ3n) is 5.24. The van der Waals surface area contributed by atoms with Gasteiger partial charge in [-0.25, -0.2) is 4.79 Å². The summed E-state index contributed by atoms with van der Waals surface area (Å²) in [7, 11) is 0. The van der Waals surface area contributed by atoms with E-state index in [1.54, 1.807) is 42.6 Å². The maximum absolute atomic E-state index is 12.6. The molecule has 37 heavy (non-hydrogen) atoms. The number of nitrogens with zero attached hydrogens (tertiary/aromatic N) is 1. The molecule has 2 aromatic carbocycles. The maximum atomic E-state index is 12.6. The van der Waals surface area contributed by atoms with Crippen LogP contribution in [0, 0.1) is 0 Å². The Hall–Kier alpha value is -4.93. The number of amides is 4. The Morgan fingerprint density at radius 2 is 1.70 bits per heavy atom. The molecule has 0 radical (unpaired) electrons. The van der Waals surface area contributed by atoms with Crippen molar-refractivity contribution in [3.05, 3.63) is 89.7 Å². The molecule has 0 saturated heterocycles. The number of hydrogen-bond acceptors (Lipinski definition) is 6. The van der Waals surface area contributed by atoms with Crippen LogP contribution in [0.3, 0.4) is 0 Å². The van der Waals surface area contributed by atoms with Crippen molar-refractivity contribution in [3.63, 3.8) is 0 Å². The number of carboxylic acids is 1. The molecule has 3 aromatic rings. The van der Waals surface area contributed by atoms with Gasteiger partial charge in [0.25, 0.3) is 5.91 Å². The number of benzene rings is 2. The van der Waals surface area contributed by atoms with Crippen LogP contribution >= 0.6 is 0 Å². The lowest BCUT2D eigenvalue weighted by Crippen LogP contribution is -2.39. The quantitative estimate of drug-likeness (QED) is 0.219. The Bertz CT molecular complexity index is 1250. The van der Waals surface area contributed by atoms with E-state index < -0.39 is 29.9 Å². The van der Waals surface area contributed by atoms with Crippen molar-refractivity contribution in [2.75, 3.05) is 17.3 Å². The number of nitrogens with one attached hydrogen (secondary N) is 5. The molecule has 0 saturated carbocycles. The van der Waals surface area contributed by atoms with Gasteiger partial charge < -0.3 is 21.1 Å². The van der Waals surface area contributed by atoms with Crippen LogP contribution in [-0.2, 0) is 16.0 Å². The van der Waals surface area contributed by atoms with Crippen molar-refractivity contribution < 1.29 is 24.3 Å². The Morgan fingerprint density at radius 1 is 0.946 bits per heavy atom. The lowest BCUT2D eigenvalue weighted by molar-refractivity contribution is -0.137. The van der Waals surface area contributed by atoms with E-state index in [9.17, 15) is 24.3 Å². The van der Waals surface area contributed by atoms with E-state index in [1.807, 2.05) is 25.1 Å². The van der Waals surface area contributed by atoms with Crippen LogP contribution in [-0.4, -0.2) is 40.5 Å². The van der Waals surface area contributed by atoms with Crippen LogP contribution in [0.1, 0.15) is 41.0 Å². The molecule has 6 N–H and O–H groups in total. The molecule has 0 bridgehead atoms. The minimum absolute atomic E-state index is 0.226. The van der Waals surface area contributed by atoms with Gasteiger partial charge >= 0.3 is 12.0 Å². The minimum Gasteiger partial charge on any atom is -0.481 e. The summed E-state index contributed by atoms with van der Waals surface area (Å²) in [4.78, 5) is 52.9. The second-order valence-corrected chi connectivity index (χ2v) is 7.94. The third kappa shape index (κ3) is 8.35. The predicted octanol–water partition coefficient (Wildman–Crippen LogP) is 2.85. The molecule has 11 nitrogen and oxygen atoms in total. The van der Waals surface area contributed by atoms with E-state index in [1.165, 1.54) is 12.1 Å². The van der Waals surface area contributed by atoms with Crippen molar-refractivity contribution in [3.8, 4) is 0 Å². The molecule has 11 heteroatoms. The highest BCUT2D eigenvalue weighted by Gasteiger charge is 2.21. The molecular weight excluding hydrogens is 476 g/mol. The van der Waals surface area contributed by atoms with Crippen LogP contribution in [0.2, 0.25) is 0 Å². The average Bonchev–Trinajstić information content (AvgIpc) is 2.90. The Balaban J connectivity index is 1.54. The smallest absolute Gasteiger partial charge is 0.337 e. The van der Waals surface area contributed by atoms with Crippen molar-refractivity contribution >= 4 is 35.2 Å². The molecule has 0 aliphatic carbocycles. The number of aliphatic carboxylic acids is 1. The number of carbonyl (C=O) groups is 4. The number of rotatable bonds is 11. The largest absolute Gasteiger partial charge is 0.481 e. The molecule has 1 unspecified atom stereocenters. The lowest BCUT2D eigenvalue weighted by atomic mass is 10.0. The first-order valence-electron chi connectivity index (χ1n) is 11.6. The van der Waals surface area contributed by atoms with Gasteiger partial charge in [-0.3, -0.25) is 30.2 Å². The highest BCUT2D eigenvalue weighted by molar-refractivity contribution is 5.98. The SMILES string of the molecule is CCc1ncccc1C(CC(=O)O)NC(=O)CNC(=O)c1cccc(NC(=O)NNc2ccccc2)c1. The number of aryl methyl sites for hydroxylation is 1. The Labute approximate surface area is 213 Å². The first-order valence-corrected chi connectivity index (χ1v) is 11.6. The summed E-state index contributed by atoms with van der Waals surface area (Å²) < 4.78 is 0. The molecule has 0 fully saturated rings. The first-order chi connectivity index (χ1) is 17.9. The summed E-state index contributed by atoms with van der Waals surface area (Å²) in [5.41, 5.74) is 7.84. The standard InChI is InChI=1S/C26H28N6O5/c1-2-21-20(12-7-13-27-21)22(15-24(34)35)30-23(33)16-28-25(36)17-8-6-11-19(14-17)29-26(37)32-31-18-9-4-3-5-10-18/h3-14,22,31H,2,15-16H2,1H3,(H,28,36)(H,30,33)(H,34,35)(H2,29,32,37). The predicted molar refractivity (Wildman–Crippen MR) is 138 cm³/mol. The molecule has 0 spiro atoms. The van der Waals surface area contributed by atoms with Crippen molar-refractivity contribution in [2.24, 2.45) is 0 Å². The molecule has 1 aromatic heterocycles. The lowest BCUT2D eigenvalue weighted by Gasteiger charge is -2.20. The fourth-order valence-electron chi connectivity index (χ4n) is 3.54. The van der Waals surface area contributed by atoms with E-state index >= 15 is 0 Å². The van der Waals surface area contributed by atoms with Gasteiger partial charge in [0.05, 0.1) is 24.7 Å². The zero-order valence-corrected chi connectivity index (χ0v) is 20.2. The van der Waals surface area contributed by atoms with E-state index in [0.29, 0.717) is 29.1 Å². The topological polar surface area (TPSA) is 162 Å². The van der Waals surface area contributed by atoms with Gasteiger partial charge in [-0.1, -0.05) is 37.3 Å². The normalized spacial score (nSPS) is 11.1. The molecule has 4 amide bonds. The number of para-hydroxylation sites is 1. The van der Waals surface area contributed by atoms with Crippen LogP contribution < -0.4 is 26.8 Å². The van der Waals surface area contributed by atoms with Crippen molar-refractivity contribution in [1.82, 2.24) is 21.0 Å². The Kier molecular flexibility index (Phi) is 9.54. The molecule has 192 valence electrons. The number of hydrogen-bond donors (Lipinski definition) is 6. The first kappa shape index (κ1) is 26.7. The highest BCUT2D eigenvalue weighted by atomic mass is 16.4. The highest BCUT2D eigenvalue weighted by Crippen LogP contribution is 2.20. The molecule has 3 rings (SSSR count). The van der Waals surface area contributed by atoms with Crippen LogP contribution in [0.5, 0.6) is 0 Å². The van der Waals surface area contributed by atoms with Gasteiger partial charge in [-0.15, -0.1) is 0 Å². The minimum atomic E-state index is -1.08. The van der Waals surface area contributed by atoms with Crippen LogP contribution in [0.4, 0.5) is 16.2 Å². The molecule has 1 heterocycles. The van der Waals surface area contributed by atoms with E-state index in [4.69, 9.17) is 0 Å². The summed E-state index contributed by atoms with van der Waals surface area (Å²) in [6.07, 6.45) is 1.85. The summed E-state index contributed by atoms with van der Waals surface area (Å²) in [5.74, 6) is -2.16. The molecule has 1 atom stereocenters. The summed E-state index contributed by atoms with van der Waals surface area (Å²) in [6, 6.07) is 17.3. The van der Waals surface area contributed by atoms with Crippen LogP contribution in [0.15, 0.2) is 72.9 Å². The zero-order chi connectivity index (χ0) is 26.6. The van der Waals surface area contributed by atoms with E-state index in [2.05, 4.69) is 31.8 Å². The molecular formula is C26H28N6O5. The fraction of sp³-hybridized carbons (Fsp3) is 0.192. The maximum Gasteiger partial charge on any atom is 0.337 e. The fourth-order valence-corrected chi connectivity index (χ4v) is 3.54. The molecule has 0 aliphatic heterocycles. The number of hydrazine groups is 1. The van der Waals surface area contributed by atoms with Gasteiger partial charge in [0.2, 0.25) is 5.91 Å². The number of carboxylic acid groups (broad SMARTS) is 1. The third-order valence-corrected chi connectivity index (χ3v) is 5.24. The van der Waals surface area contributed by atoms with Gasteiger partial charge in [0.15, 0.2) is 0 Å². The summed E-state index contributed by atoms with van der Waals surface area (Å²) in [5, 5.41) is 17.1. The van der Waals surface area contributed by atoms with Gasteiger partial charge in [-0.2, -0.15) is 0 Å². The second-order valence-electron chi connectivity index (χ2n) is 7.94. The van der Waals surface area contributed by atoms with Gasteiger partial charge in [-0.05, 0) is 48.4 Å². The Morgan fingerprint density at radius 3 is 2.43 bits per heavy atom. The zero-order valence-electron chi connectivity index (χ0n) is 20.2. The van der Waals surface area contributed by atoms with E-state index in [0.717, 1.165) is 0 Å². The second kappa shape index (κ2) is 13.2. The molecule has 0 aliphatic rings. The van der Waals surface area contributed by atoms with Gasteiger partial charge in [0.1, 0.15) is 0 Å². The summed E-state index contributed by atoms with van der Waals surface area (Å²) >= 11 is 0. The number of anilines is 2. The number of carbonyl (C=O) groups excluding carboxylic acids is 3. The number of pyridine rings is 1. The van der Waals surface area contributed by atoms with Crippen molar-refractivity contribution in [2.45, 2.75) is 25.8 Å². The van der Waals surface area contributed by atoms with Gasteiger partial charge in [0, 0.05) is 23.1 Å². The van der Waals surface area contributed by atoms with E-state index in [-0.39, 0.29) is 18.5 Å². The number of urea groups is 1. The monoisotopic (exact) mass is 504 g/mol. The van der Waals surface area contributed by atoms with Crippen LogP contribution in [0.25, 0.3) is 0 Å². The van der Waals surface area contributed by atoms with Crippen molar-refractivity contribution in [1.29, 1.82) is 0 Å². The summed E-state index contributed by atoms with van der Waals surface area (Å²) in [6.45, 7) is 1.52. The average molecular weight is 505 g/mol. The number of aromatic nitrogens is 1.